The van der Waals surface area contributed by atoms with E-state index in [-0.39, 0.29) is 36.6 Å². The Hall–Kier alpha value is -1.98. The maximum absolute atomic E-state index is 11.5. The maximum atomic E-state index is 11.5. The standard InChI is InChI=1S/C11H15N3O3/c1-8(2)17-10(15)3-4-14-11(16)9-7-12-5-6-13-9/h5-8H,3-4H2,1-2H3,(H,14,16). The third-order valence-corrected chi connectivity index (χ3v) is 1.78. The van der Waals surface area contributed by atoms with Crippen molar-refractivity contribution in [2.24, 2.45) is 0 Å². The molecule has 6 heteroatoms. The van der Waals surface area contributed by atoms with E-state index < -0.39 is 0 Å². The molecule has 0 atom stereocenters. The average molecular weight is 237 g/mol. The van der Waals surface area contributed by atoms with Gasteiger partial charge in [-0.1, -0.05) is 0 Å². The Balaban J connectivity index is 2.28. The largest absolute Gasteiger partial charge is 0.463 e. The molecule has 0 aliphatic carbocycles. The second kappa shape index (κ2) is 6.57. The van der Waals surface area contributed by atoms with E-state index in [1.807, 2.05) is 0 Å². The third-order valence-electron chi connectivity index (χ3n) is 1.78. The van der Waals surface area contributed by atoms with E-state index in [9.17, 15) is 9.59 Å². The highest BCUT2D eigenvalue weighted by molar-refractivity contribution is 5.92. The van der Waals surface area contributed by atoms with Gasteiger partial charge in [0.2, 0.25) is 0 Å². The van der Waals surface area contributed by atoms with Gasteiger partial charge < -0.3 is 10.1 Å². The molecule has 0 unspecified atom stereocenters. The molecule has 0 aromatic carbocycles. The smallest absolute Gasteiger partial charge is 0.307 e. The van der Waals surface area contributed by atoms with Crippen LogP contribution in [0.2, 0.25) is 0 Å². The van der Waals surface area contributed by atoms with Gasteiger partial charge in [-0.2, -0.15) is 0 Å². The number of carbonyl (C=O) groups is 2. The second-order valence-corrected chi connectivity index (χ2v) is 3.64. The van der Waals surface area contributed by atoms with Crippen LogP contribution < -0.4 is 5.32 Å². The second-order valence-electron chi connectivity index (χ2n) is 3.64. The molecule has 17 heavy (non-hydrogen) atoms. The number of rotatable bonds is 5. The average Bonchev–Trinajstić information content (AvgIpc) is 2.29. The minimum Gasteiger partial charge on any atom is -0.463 e. The minimum atomic E-state index is -0.351. The van der Waals surface area contributed by atoms with Crippen molar-refractivity contribution < 1.29 is 14.3 Å². The van der Waals surface area contributed by atoms with E-state index in [1.54, 1.807) is 13.8 Å². The van der Waals surface area contributed by atoms with Crippen LogP contribution in [-0.4, -0.2) is 34.5 Å². The Morgan fingerprint density at radius 3 is 2.76 bits per heavy atom. The summed E-state index contributed by atoms with van der Waals surface area (Å²) in [4.78, 5) is 30.3. The van der Waals surface area contributed by atoms with E-state index in [2.05, 4.69) is 15.3 Å². The molecule has 0 radical (unpaired) electrons. The molecule has 92 valence electrons. The van der Waals surface area contributed by atoms with Gasteiger partial charge in [-0.3, -0.25) is 14.6 Å². The van der Waals surface area contributed by atoms with Crippen LogP contribution in [0.3, 0.4) is 0 Å². The van der Waals surface area contributed by atoms with E-state index in [0.717, 1.165) is 0 Å². The lowest BCUT2D eigenvalue weighted by Crippen LogP contribution is -2.27. The molecule has 0 spiro atoms. The summed E-state index contributed by atoms with van der Waals surface area (Å²) >= 11 is 0. The molecule has 1 rings (SSSR count). The number of hydrogen-bond acceptors (Lipinski definition) is 5. The van der Waals surface area contributed by atoms with Crippen LogP contribution in [0.4, 0.5) is 0 Å². The van der Waals surface area contributed by atoms with Gasteiger partial charge in [-0.05, 0) is 13.8 Å². The zero-order chi connectivity index (χ0) is 12.7. The Morgan fingerprint density at radius 2 is 2.18 bits per heavy atom. The first-order chi connectivity index (χ1) is 8.09. The van der Waals surface area contributed by atoms with Crippen molar-refractivity contribution in [3.63, 3.8) is 0 Å². The van der Waals surface area contributed by atoms with Crippen molar-refractivity contribution in [3.8, 4) is 0 Å². The molecular weight excluding hydrogens is 222 g/mol. The Bertz CT molecular complexity index is 379. The fourth-order valence-corrected chi connectivity index (χ4v) is 1.11. The number of hydrogen-bond donors (Lipinski definition) is 1. The van der Waals surface area contributed by atoms with E-state index in [1.165, 1.54) is 18.6 Å². The highest BCUT2D eigenvalue weighted by Crippen LogP contribution is 1.93. The Kier molecular flexibility index (Phi) is 5.06. The van der Waals surface area contributed by atoms with Crippen LogP contribution in [0.1, 0.15) is 30.8 Å². The normalized spacial score (nSPS) is 10.1. The predicted octanol–water partition coefficient (Wildman–Crippen LogP) is 0.548. The number of esters is 1. The maximum Gasteiger partial charge on any atom is 0.307 e. The van der Waals surface area contributed by atoms with Crippen LogP contribution in [0, 0.1) is 0 Å². The number of nitrogens with zero attached hydrogens (tertiary/aromatic N) is 2. The van der Waals surface area contributed by atoms with Gasteiger partial charge in [0, 0.05) is 18.9 Å². The molecular formula is C11H15N3O3. The summed E-state index contributed by atoms with van der Waals surface area (Å²) in [6.07, 6.45) is 4.28. The van der Waals surface area contributed by atoms with E-state index >= 15 is 0 Å². The fourth-order valence-electron chi connectivity index (χ4n) is 1.11. The summed E-state index contributed by atoms with van der Waals surface area (Å²) in [6.45, 7) is 3.77. The molecule has 0 aliphatic heterocycles. The number of ether oxygens (including phenoxy) is 1. The van der Waals surface area contributed by atoms with Crippen molar-refractivity contribution in [2.75, 3.05) is 6.54 Å². The van der Waals surface area contributed by atoms with Crippen molar-refractivity contribution in [1.29, 1.82) is 0 Å². The zero-order valence-electron chi connectivity index (χ0n) is 9.84. The van der Waals surface area contributed by atoms with Gasteiger partial charge in [0.15, 0.2) is 0 Å². The van der Waals surface area contributed by atoms with Crippen molar-refractivity contribution in [1.82, 2.24) is 15.3 Å². The molecule has 0 fully saturated rings. The van der Waals surface area contributed by atoms with Crippen LogP contribution in [0.25, 0.3) is 0 Å². The van der Waals surface area contributed by atoms with Gasteiger partial charge in [-0.15, -0.1) is 0 Å². The molecule has 1 heterocycles. The predicted molar refractivity (Wildman–Crippen MR) is 60.2 cm³/mol. The monoisotopic (exact) mass is 237 g/mol. The Morgan fingerprint density at radius 1 is 1.41 bits per heavy atom. The molecule has 1 aromatic rings. The molecule has 0 saturated carbocycles. The van der Waals surface area contributed by atoms with Crippen molar-refractivity contribution in [3.05, 3.63) is 24.3 Å². The van der Waals surface area contributed by atoms with Gasteiger partial charge >= 0.3 is 5.97 Å². The highest BCUT2D eigenvalue weighted by atomic mass is 16.5. The summed E-state index contributed by atoms with van der Waals surface area (Å²) in [6, 6.07) is 0. The molecule has 1 amide bonds. The lowest BCUT2D eigenvalue weighted by Gasteiger charge is -2.08. The van der Waals surface area contributed by atoms with Crippen LogP contribution in [0.15, 0.2) is 18.6 Å². The molecule has 1 aromatic heterocycles. The topological polar surface area (TPSA) is 81.2 Å². The molecule has 1 N–H and O–H groups in total. The molecule has 0 bridgehead atoms. The minimum absolute atomic E-state index is 0.141. The fraction of sp³-hybridized carbons (Fsp3) is 0.455. The van der Waals surface area contributed by atoms with E-state index in [0.29, 0.717) is 0 Å². The third kappa shape index (κ3) is 5.05. The first kappa shape index (κ1) is 13.1. The Labute approximate surface area is 99.4 Å². The van der Waals surface area contributed by atoms with Crippen molar-refractivity contribution in [2.45, 2.75) is 26.4 Å². The number of aromatic nitrogens is 2. The molecule has 0 aliphatic rings. The molecule has 6 nitrogen and oxygen atoms in total. The van der Waals surface area contributed by atoms with Crippen molar-refractivity contribution >= 4 is 11.9 Å². The van der Waals surface area contributed by atoms with E-state index in [4.69, 9.17) is 4.74 Å². The van der Waals surface area contributed by atoms with Gasteiger partial charge in [0.1, 0.15) is 5.69 Å². The van der Waals surface area contributed by atoms with Crippen LogP contribution in [-0.2, 0) is 9.53 Å². The summed E-state index contributed by atoms with van der Waals surface area (Å²) < 4.78 is 4.92. The SMILES string of the molecule is CC(C)OC(=O)CCNC(=O)c1cnccn1. The molecule has 0 saturated heterocycles. The van der Waals surface area contributed by atoms with Crippen LogP contribution in [0.5, 0.6) is 0 Å². The number of nitrogens with one attached hydrogen (secondary N) is 1. The quantitative estimate of drug-likeness (QED) is 0.756. The van der Waals surface area contributed by atoms with Gasteiger partial charge in [-0.25, -0.2) is 4.98 Å². The number of carbonyl (C=O) groups excluding carboxylic acids is 2. The summed E-state index contributed by atoms with van der Waals surface area (Å²) in [5.41, 5.74) is 0.227. The number of amides is 1. The summed E-state index contributed by atoms with van der Waals surface area (Å²) in [7, 11) is 0. The lowest BCUT2D eigenvalue weighted by molar-refractivity contribution is -0.147. The first-order valence-electron chi connectivity index (χ1n) is 5.33. The highest BCUT2D eigenvalue weighted by Gasteiger charge is 2.09. The van der Waals surface area contributed by atoms with Gasteiger partial charge in [0.05, 0.1) is 18.7 Å². The van der Waals surface area contributed by atoms with Crippen LogP contribution >= 0.6 is 0 Å². The summed E-state index contributed by atoms with van der Waals surface area (Å²) in [5, 5.41) is 2.56. The first-order valence-corrected chi connectivity index (χ1v) is 5.33. The zero-order valence-corrected chi connectivity index (χ0v) is 9.84. The van der Waals surface area contributed by atoms with Gasteiger partial charge in [0.25, 0.3) is 5.91 Å². The lowest BCUT2D eigenvalue weighted by atomic mass is 10.3. The summed E-state index contributed by atoms with van der Waals surface area (Å²) in [5.74, 6) is -0.685.